The van der Waals surface area contributed by atoms with Crippen molar-refractivity contribution in [3.05, 3.63) is 46.1 Å². The Hall–Kier alpha value is -1.88. The highest BCUT2D eigenvalue weighted by Crippen LogP contribution is 2.21. The summed E-state index contributed by atoms with van der Waals surface area (Å²) in [6, 6.07) is 4.71. The zero-order valence-electron chi connectivity index (χ0n) is 10.9. The van der Waals surface area contributed by atoms with Gasteiger partial charge in [-0.25, -0.2) is 4.98 Å². The Labute approximate surface area is 116 Å². The Morgan fingerprint density at radius 2 is 2.16 bits per heavy atom. The van der Waals surface area contributed by atoms with Crippen LogP contribution in [0.1, 0.15) is 40.5 Å². The molecule has 0 saturated heterocycles. The molecule has 1 atom stereocenters. The number of pyridine rings is 1. The second kappa shape index (κ2) is 5.40. The number of nitrogens with zero attached hydrogens (tertiary/aromatic N) is 2. The van der Waals surface area contributed by atoms with Crippen molar-refractivity contribution in [1.82, 2.24) is 15.5 Å². The van der Waals surface area contributed by atoms with Crippen LogP contribution < -0.4 is 5.32 Å². The molecule has 0 aliphatic heterocycles. The minimum atomic E-state index is -0.282. The Morgan fingerprint density at radius 1 is 1.42 bits per heavy atom. The molecule has 0 fully saturated rings. The van der Waals surface area contributed by atoms with E-state index in [4.69, 9.17) is 16.1 Å². The summed E-state index contributed by atoms with van der Waals surface area (Å²) in [5.74, 6) is 0.416. The number of rotatable bonds is 3. The molecule has 0 aliphatic carbocycles. The molecule has 2 rings (SSSR count). The molecular formula is C13H14ClN3O2. The summed E-state index contributed by atoms with van der Waals surface area (Å²) < 4.78 is 5.08. The fraction of sp³-hybridized carbons (Fsp3) is 0.308. The van der Waals surface area contributed by atoms with Crippen molar-refractivity contribution < 1.29 is 9.32 Å². The molecule has 5 nitrogen and oxygen atoms in total. The van der Waals surface area contributed by atoms with Gasteiger partial charge in [0.2, 0.25) is 0 Å². The van der Waals surface area contributed by atoms with Crippen LogP contribution in [0.2, 0.25) is 5.15 Å². The molecule has 1 N–H and O–H groups in total. The van der Waals surface area contributed by atoms with E-state index in [-0.39, 0.29) is 22.8 Å². The van der Waals surface area contributed by atoms with Crippen molar-refractivity contribution in [2.45, 2.75) is 26.8 Å². The predicted octanol–water partition coefficient (Wildman–Crippen LogP) is 2.83. The zero-order valence-corrected chi connectivity index (χ0v) is 11.7. The number of halogens is 1. The summed E-state index contributed by atoms with van der Waals surface area (Å²) in [6.07, 6.45) is 0. The van der Waals surface area contributed by atoms with Gasteiger partial charge in [0.25, 0.3) is 5.91 Å². The number of hydrogen-bond donors (Lipinski definition) is 1. The number of aryl methyl sites for hydroxylation is 2. The molecule has 0 spiro atoms. The lowest BCUT2D eigenvalue weighted by molar-refractivity contribution is 0.0934. The van der Waals surface area contributed by atoms with Crippen LogP contribution in [0.15, 0.2) is 22.7 Å². The van der Waals surface area contributed by atoms with Gasteiger partial charge in [-0.2, -0.15) is 0 Å². The first-order chi connectivity index (χ1) is 8.99. The second-order valence-corrected chi connectivity index (χ2v) is 4.67. The second-order valence-electron chi connectivity index (χ2n) is 4.28. The average molecular weight is 280 g/mol. The largest absolute Gasteiger partial charge is 0.361 e. The maximum absolute atomic E-state index is 12.0. The number of nitrogens with one attached hydrogen (secondary N) is 1. The van der Waals surface area contributed by atoms with Crippen molar-refractivity contribution in [2.24, 2.45) is 0 Å². The lowest BCUT2D eigenvalue weighted by Gasteiger charge is -2.13. The number of carbonyl (C=O) groups excluding carboxylic acids is 1. The van der Waals surface area contributed by atoms with E-state index >= 15 is 0 Å². The lowest BCUT2D eigenvalue weighted by Crippen LogP contribution is -2.28. The summed E-state index contributed by atoms with van der Waals surface area (Å²) in [6.45, 7) is 5.52. The van der Waals surface area contributed by atoms with Crippen molar-refractivity contribution in [2.75, 3.05) is 0 Å². The van der Waals surface area contributed by atoms with Crippen LogP contribution in [0.5, 0.6) is 0 Å². The summed E-state index contributed by atoms with van der Waals surface area (Å²) in [5, 5.41) is 7.01. The van der Waals surface area contributed by atoms with E-state index in [0.717, 1.165) is 11.3 Å². The van der Waals surface area contributed by atoms with Gasteiger partial charge in [-0.15, -0.1) is 0 Å². The third kappa shape index (κ3) is 2.93. The van der Waals surface area contributed by atoms with Crippen molar-refractivity contribution in [3.63, 3.8) is 0 Å². The molecule has 6 heteroatoms. The topological polar surface area (TPSA) is 68.0 Å². The fourth-order valence-corrected chi connectivity index (χ4v) is 2.15. The fourth-order valence-electron chi connectivity index (χ4n) is 1.99. The third-order valence-electron chi connectivity index (χ3n) is 2.82. The van der Waals surface area contributed by atoms with Crippen LogP contribution in [0, 0.1) is 13.8 Å². The van der Waals surface area contributed by atoms with Gasteiger partial charge in [-0.05, 0) is 32.9 Å². The number of carbonyl (C=O) groups is 1. The van der Waals surface area contributed by atoms with Gasteiger partial charge in [0.1, 0.15) is 16.6 Å². The van der Waals surface area contributed by atoms with Gasteiger partial charge in [-0.3, -0.25) is 4.79 Å². The Balaban J connectivity index is 2.15. The summed E-state index contributed by atoms with van der Waals surface area (Å²) in [7, 11) is 0. The smallest absolute Gasteiger partial charge is 0.270 e. The minimum absolute atomic E-state index is 0.209. The van der Waals surface area contributed by atoms with E-state index in [1.165, 1.54) is 0 Å². The number of amides is 1. The van der Waals surface area contributed by atoms with E-state index in [1.54, 1.807) is 18.2 Å². The Kier molecular flexibility index (Phi) is 3.85. The van der Waals surface area contributed by atoms with Gasteiger partial charge in [0.05, 0.1) is 11.7 Å². The molecule has 2 heterocycles. The van der Waals surface area contributed by atoms with Crippen LogP contribution in [0.3, 0.4) is 0 Å². The molecular weight excluding hydrogens is 266 g/mol. The normalized spacial score (nSPS) is 12.2. The predicted molar refractivity (Wildman–Crippen MR) is 71.1 cm³/mol. The van der Waals surface area contributed by atoms with Crippen LogP contribution in [-0.4, -0.2) is 16.0 Å². The maximum Gasteiger partial charge on any atom is 0.270 e. The Bertz CT molecular complexity index is 590. The van der Waals surface area contributed by atoms with E-state index in [2.05, 4.69) is 15.5 Å². The first-order valence-electron chi connectivity index (χ1n) is 5.85. The molecule has 0 radical (unpaired) electrons. The van der Waals surface area contributed by atoms with Crippen molar-refractivity contribution in [1.29, 1.82) is 0 Å². The molecule has 0 aromatic carbocycles. The molecule has 1 unspecified atom stereocenters. The summed E-state index contributed by atoms with van der Waals surface area (Å²) in [4.78, 5) is 16.0. The summed E-state index contributed by atoms with van der Waals surface area (Å²) in [5.41, 5.74) is 1.94. The highest BCUT2D eigenvalue weighted by Gasteiger charge is 2.19. The first kappa shape index (κ1) is 13.5. The van der Waals surface area contributed by atoms with Crippen molar-refractivity contribution in [3.8, 4) is 0 Å². The SMILES string of the molecule is Cc1noc(C)c1C(C)NC(=O)c1cccc(Cl)n1. The molecule has 100 valence electrons. The standard InChI is InChI=1S/C13H14ClN3O2/c1-7(12-8(2)17-19-9(12)3)15-13(18)10-5-4-6-11(14)16-10/h4-7H,1-3H3,(H,15,18). The molecule has 19 heavy (non-hydrogen) atoms. The van der Waals surface area contributed by atoms with Gasteiger partial charge in [-0.1, -0.05) is 22.8 Å². The van der Waals surface area contributed by atoms with Crippen LogP contribution in [0.4, 0.5) is 0 Å². The van der Waals surface area contributed by atoms with E-state index < -0.39 is 0 Å². The van der Waals surface area contributed by atoms with Gasteiger partial charge in [0.15, 0.2) is 0 Å². The lowest BCUT2D eigenvalue weighted by atomic mass is 10.1. The van der Waals surface area contributed by atoms with Crippen LogP contribution >= 0.6 is 11.6 Å². The monoisotopic (exact) mass is 279 g/mol. The zero-order chi connectivity index (χ0) is 14.0. The van der Waals surface area contributed by atoms with Gasteiger partial charge in [0, 0.05) is 5.56 Å². The van der Waals surface area contributed by atoms with Gasteiger partial charge < -0.3 is 9.84 Å². The average Bonchev–Trinajstić information content (AvgIpc) is 2.69. The third-order valence-corrected chi connectivity index (χ3v) is 3.03. The van der Waals surface area contributed by atoms with E-state index in [0.29, 0.717) is 5.76 Å². The maximum atomic E-state index is 12.0. The van der Waals surface area contributed by atoms with E-state index in [1.807, 2.05) is 20.8 Å². The molecule has 0 saturated carbocycles. The number of aromatic nitrogens is 2. The minimum Gasteiger partial charge on any atom is -0.361 e. The number of hydrogen-bond acceptors (Lipinski definition) is 4. The quantitative estimate of drug-likeness (QED) is 0.877. The summed E-state index contributed by atoms with van der Waals surface area (Å²) >= 11 is 5.76. The van der Waals surface area contributed by atoms with Crippen LogP contribution in [-0.2, 0) is 0 Å². The Morgan fingerprint density at radius 3 is 2.74 bits per heavy atom. The highest BCUT2D eigenvalue weighted by molar-refractivity contribution is 6.29. The molecule has 2 aromatic rings. The van der Waals surface area contributed by atoms with E-state index in [9.17, 15) is 4.79 Å². The van der Waals surface area contributed by atoms with Crippen molar-refractivity contribution >= 4 is 17.5 Å². The molecule has 2 aromatic heterocycles. The molecule has 0 aliphatic rings. The molecule has 1 amide bonds. The van der Waals surface area contributed by atoms with Crippen LogP contribution in [0.25, 0.3) is 0 Å². The highest BCUT2D eigenvalue weighted by atomic mass is 35.5. The first-order valence-corrected chi connectivity index (χ1v) is 6.23. The molecule has 0 bridgehead atoms. The van der Waals surface area contributed by atoms with Gasteiger partial charge >= 0.3 is 0 Å².